The second kappa shape index (κ2) is 8.41. The number of piperazine rings is 1. The summed E-state index contributed by atoms with van der Waals surface area (Å²) in [5.74, 6) is 0.955. The highest BCUT2D eigenvalue weighted by atomic mass is 16.7. The van der Waals surface area contributed by atoms with Gasteiger partial charge in [-0.3, -0.25) is 9.69 Å². The molecule has 0 spiro atoms. The Hall–Kier alpha value is -1.70. The first-order valence-corrected chi connectivity index (χ1v) is 8.26. The Morgan fingerprint density at radius 3 is 2.54 bits per heavy atom. The third-order valence-corrected chi connectivity index (χ3v) is 4.35. The van der Waals surface area contributed by atoms with Crippen molar-refractivity contribution in [1.29, 1.82) is 0 Å². The summed E-state index contributed by atoms with van der Waals surface area (Å²) in [4.78, 5) is 20.9. The number of hydrogen-bond acceptors (Lipinski definition) is 6. The number of methoxy groups -OCH3 is 2. The Labute approximate surface area is 143 Å². The topological polar surface area (TPSA) is 66.9 Å². The van der Waals surface area contributed by atoms with Crippen molar-refractivity contribution < 1.29 is 14.3 Å². The van der Waals surface area contributed by atoms with Gasteiger partial charge in [0.05, 0.1) is 6.54 Å². The number of anilines is 1. The maximum absolute atomic E-state index is 12.3. The summed E-state index contributed by atoms with van der Waals surface area (Å²) in [5, 5.41) is 3.13. The minimum absolute atomic E-state index is 0.136. The summed E-state index contributed by atoms with van der Waals surface area (Å²) in [5.41, 5.74) is 2.80. The Morgan fingerprint density at radius 1 is 1.29 bits per heavy atom. The van der Waals surface area contributed by atoms with Gasteiger partial charge in [0.1, 0.15) is 11.5 Å². The van der Waals surface area contributed by atoms with Gasteiger partial charge in [-0.15, -0.1) is 0 Å². The average Bonchev–Trinajstić information content (AvgIpc) is 2.58. The highest BCUT2D eigenvalue weighted by Gasteiger charge is 2.25. The summed E-state index contributed by atoms with van der Waals surface area (Å²) in [6.45, 7) is 4.66. The molecule has 2 rings (SSSR count). The molecule has 7 nitrogen and oxygen atoms in total. The van der Waals surface area contributed by atoms with E-state index in [2.05, 4.69) is 18.3 Å². The first-order valence-electron chi connectivity index (χ1n) is 8.26. The molecule has 0 atom stereocenters. The second-order valence-corrected chi connectivity index (χ2v) is 6.00. The summed E-state index contributed by atoms with van der Waals surface area (Å²) < 4.78 is 10.8. The first kappa shape index (κ1) is 18.6. The van der Waals surface area contributed by atoms with E-state index in [-0.39, 0.29) is 5.91 Å². The van der Waals surface area contributed by atoms with Crippen molar-refractivity contribution >= 4 is 11.7 Å². The third-order valence-electron chi connectivity index (χ3n) is 4.35. The number of likely N-dealkylation sites (N-methyl/N-ethyl adjacent to an activating group) is 1. The SMILES string of the molecule is CCc1cc(CN2CCN(C)CC2=O)c(C(OC)OC)nc1NC. The van der Waals surface area contributed by atoms with Crippen LogP contribution in [0.25, 0.3) is 0 Å². The van der Waals surface area contributed by atoms with Crippen molar-refractivity contribution in [3.8, 4) is 0 Å². The number of aromatic nitrogens is 1. The molecule has 2 heterocycles. The summed E-state index contributed by atoms with van der Waals surface area (Å²) in [7, 11) is 7.00. The minimum atomic E-state index is -0.555. The van der Waals surface area contributed by atoms with E-state index < -0.39 is 6.29 Å². The first-order chi connectivity index (χ1) is 11.5. The molecule has 1 N–H and O–H groups in total. The van der Waals surface area contributed by atoms with Gasteiger partial charge < -0.3 is 19.7 Å². The standard InChI is InChI=1S/C17H28N4O3/c1-6-12-9-13(10-21-8-7-20(3)11-14(21)22)15(17(23-4)24-5)19-16(12)18-2/h9,17H,6-8,10-11H2,1-5H3,(H,18,19). The van der Waals surface area contributed by atoms with E-state index in [1.165, 1.54) is 0 Å². The number of carbonyl (C=O) groups is 1. The maximum Gasteiger partial charge on any atom is 0.237 e. The van der Waals surface area contributed by atoms with E-state index >= 15 is 0 Å². The van der Waals surface area contributed by atoms with Crippen molar-refractivity contribution in [1.82, 2.24) is 14.8 Å². The number of rotatable bonds is 7. The summed E-state index contributed by atoms with van der Waals surface area (Å²) in [6, 6.07) is 2.10. The number of ether oxygens (including phenoxy) is 2. The van der Waals surface area contributed by atoms with E-state index in [4.69, 9.17) is 14.5 Å². The van der Waals surface area contributed by atoms with Crippen molar-refractivity contribution in [2.45, 2.75) is 26.2 Å². The van der Waals surface area contributed by atoms with Crippen LogP contribution >= 0.6 is 0 Å². The van der Waals surface area contributed by atoms with Crippen LogP contribution in [0.2, 0.25) is 0 Å². The molecule has 0 radical (unpaired) electrons. The molecule has 1 fully saturated rings. The highest BCUT2D eigenvalue weighted by molar-refractivity contribution is 5.79. The Morgan fingerprint density at radius 2 is 2.00 bits per heavy atom. The number of aryl methyl sites for hydroxylation is 1. The van der Waals surface area contributed by atoms with Crippen LogP contribution in [0.3, 0.4) is 0 Å². The molecule has 1 aliphatic heterocycles. The van der Waals surface area contributed by atoms with Crippen LogP contribution < -0.4 is 5.32 Å². The molecule has 134 valence electrons. The van der Waals surface area contributed by atoms with E-state index in [0.717, 1.165) is 29.9 Å². The number of carbonyl (C=O) groups excluding carboxylic acids is 1. The fourth-order valence-corrected chi connectivity index (χ4v) is 2.95. The van der Waals surface area contributed by atoms with Crippen molar-refractivity contribution in [2.75, 3.05) is 53.3 Å². The molecule has 1 aliphatic rings. The molecule has 7 heteroatoms. The van der Waals surface area contributed by atoms with Gasteiger partial charge in [-0.25, -0.2) is 4.98 Å². The molecule has 1 aromatic heterocycles. The fourth-order valence-electron chi connectivity index (χ4n) is 2.95. The number of nitrogens with zero attached hydrogens (tertiary/aromatic N) is 3. The zero-order valence-electron chi connectivity index (χ0n) is 15.3. The zero-order chi connectivity index (χ0) is 17.7. The summed E-state index contributed by atoms with van der Waals surface area (Å²) in [6.07, 6.45) is 0.304. The third kappa shape index (κ3) is 4.03. The molecular weight excluding hydrogens is 308 g/mol. The molecule has 0 saturated carbocycles. The van der Waals surface area contributed by atoms with Crippen LogP contribution in [0.4, 0.5) is 5.82 Å². The van der Waals surface area contributed by atoms with Crippen molar-refractivity contribution in [3.05, 3.63) is 22.9 Å². The van der Waals surface area contributed by atoms with Crippen LogP contribution in [0.1, 0.15) is 30.0 Å². The number of pyridine rings is 1. The van der Waals surface area contributed by atoms with Crippen molar-refractivity contribution in [2.24, 2.45) is 0 Å². The van der Waals surface area contributed by atoms with Crippen LogP contribution in [0, 0.1) is 0 Å². The van der Waals surface area contributed by atoms with Gasteiger partial charge in [0.2, 0.25) is 12.2 Å². The quantitative estimate of drug-likeness (QED) is 0.756. The maximum atomic E-state index is 12.3. The molecule has 0 aliphatic carbocycles. The lowest BCUT2D eigenvalue weighted by atomic mass is 10.1. The molecular formula is C17H28N4O3. The van der Waals surface area contributed by atoms with Gasteiger partial charge in [0, 0.05) is 40.9 Å². The predicted molar refractivity (Wildman–Crippen MR) is 92.8 cm³/mol. The van der Waals surface area contributed by atoms with Gasteiger partial charge in [-0.2, -0.15) is 0 Å². The van der Waals surface area contributed by atoms with Crippen LogP contribution in [-0.4, -0.2) is 68.6 Å². The molecule has 1 saturated heterocycles. The number of hydrogen-bond donors (Lipinski definition) is 1. The van der Waals surface area contributed by atoms with Gasteiger partial charge in [0.15, 0.2) is 0 Å². The van der Waals surface area contributed by atoms with E-state index in [0.29, 0.717) is 25.3 Å². The lowest BCUT2D eigenvalue weighted by molar-refractivity contribution is -0.136. The Kier molecular flexibility index (Phi) is 6.53. The van der Waals surface area contributed by atoms with E-state index in [1.807, 2.05) is 23.9 Å². The average molecular weight is 336 g/mol. The highest BCUT2D eigenvalue weighted by Crippen LogP contribution is 2.26. The lowest BCUT2D eigenvalue weighted by Gasteiger charge is -2.33. The van der Waals surface area contributed by atoms with Crippen LogP contribution in [-0.2, 0) is 27.2 Å². The smallest absolute Gasteiger partial charge is 0.237 e. The summed E-state index contributed by atoms with van der Waals surface area (Å²) >= 11 is 0. The predicted octanol–water partition coefficient (Wildman–Crippen LogP) is 1.25. The Balaban J connectivity index is 2.36. The van der Waals surface area contributed by atoms with Crippen molar-refractivity contribution in [3.63, 3.8) is 0 Å². The zero-order valence-corrected chi connectivity index (χ0v) is 15.3. The number of nitrogens with one attached hydrogen (secondary N) is 1. The normalized spacial score (nSPS) is 16.1. The second-order valence-electron chi connectivity index (χ2n) is 6.00. The number of amides is 1. The lowest BCUT2D eigenvalue weighted by Crippen LogP contribution is -2.48. The van der Waals surface area contributed by atoms with Gasteiger partial charge in [-0.1, -0.05) is 6.92 Å². The van der Waals surface area contributed by atoms with E-state index in [9.17, 15) is 4.79 Å². The molecule has 24 heavy (non-hydrogen) atoms. The molecule has 0 unspecified atom stereocenters. The molecule has 0 aromatic carbocycles. The van der Waals surface area contributed by atoms with Gasteiger partial charge >= 0.3 is 0 Å². The van der Waals surface area contributed by atoms with Gasteiger partial charge in [0.25, 0.3) is 0 Å². The van der Waals surface area contributed by atoms with Crippen LogP contribution in [0.5, 0.6) is 0 Å². The molecule has 1 aromatic rings. The minimum Gasteiger partial charge on any atom is -0.373 e. The Bertz CT molecular complexity index is 575. The van der Waals surface area contributed by atoms with Crippen LogP contribution in [0.15, 0.2) is 6.07 Å². The fraction of sp³-hybridized carbons (Fsp3) is 0.647. The monoisotopic (exact) mass is 336 g/mol. The molecule has 0 bridgehead atoms. The largest absolute Gasteiger partial charge is 0.373 e. The van der Waals surface area contributed by atoms with E-state index in [1.54, 1.807) is 14.2 Å². The molecule has 1 amide bonds. The van der Waals surface area contributed by atoms with Gasteiger partial charge in [-0.05, 0) is 30.7 Å².